The van der Waals surface area contributed by atoms with Crippen molar-refractivity contribution in [3.63, 3.8) is 0 Å². The van der Waals surface area contributed by atoms with E-state index in [0.29, 0.717) is 30.9 Å². The van der Waals surface area contributed by atoms with Gasteiger partial charge in [0, 0.05) is 40.5 Å². The molecule has 3 atom stereocenters. The zero-order valence-corrected chi connectivity index (χ0v) is 23.0. The molecule has 3 heterocycles. The lowest BCUT2D eigenvalue weighted by Gasteiger charge is -2.36. The van der Waals surface area contributed by atoms with E-state index >= 15 is 8.78 Å². The molecule has 0 spiro atoms. The summed E-state index contributed by atoms with van der Waals surface area (Å²) in [6.45, 7) is 4.51. The van der Waals surface area contributed by atoms with Crippen molar-refractivity contribution in [2.24, 2.45) is 5.92 Å². The van der Waals surface area contributed by atoms with Crippen LogP contribution >= 0.6 is 0 Å². The number of halogens is 4. The third-order valence-electron chi connectivity index (χ3n) is 8.23. The highest BCUT2D eigenvalue weighted by Gasteiger charge is 2.47. The lowest BCUT2D eigenvalue weighted by Crippen LogP contribution is -2.32. The molecule has 7 nitrogen and oxygen atoms in total. The number of carboxylic acids is 1. The molecule has 0 amide bonds. The maximum absolute atomic E-state index is 15.2. The van der Waals surface area contributed by atoms with Crippen molar-refractivity contribution in [2.45, 2.75) is 37.8 Å². The van der Waals surface area contributed by atoms with Crippen molar-refractivity contribution in [2.75, 3.05) is 6.61 Å². The summed E-state index contributed by atoms with van der Waals surface area (Å²) < 4.78 is 69.3. The first-order valence-electron chi connectivity index (χ1n) is 13.6. The Labute approximate surface area is 243 Å². The molecule has 11 heteroatoms. The second kappa shape index (κ2) is 10.8. The van der Waals surface area contributed by atoms with Gasteiger partial charge in [0.1, 0.15) is 29.8 Å². The number of benzene rings is 2. The Balaban J connectivity index is 1.32. The lowest BCUT2D eigenvalue weighted by molar-refractivity contribution is -0.138. The van der Waals surface area contributed by atoms with Crippen molar-refractivity contribution in [3.8, 4) is 22.9 Å². The highest BCUT2D eigenvalue weighted by Crippen LogP contribution is 2.54. The number of rotatable bonds is 9. The molecule has 2 unspecified atom stereocenters. The third-order valence-corrected chi connectivity index (χ3v) is 8.23. The number of carbonyl (C=O) groups is 1. The fraction of sp³-hybridized carbons (Fsp3) is 0.250. The molecule has 0 bridgehead atoms. The van der Waals surface area contributed by atoms with Gasteiger partial charge in [0.25, 0.3) is 0 Å². The van der Waals surface area contributed by atoms with Gasteiger partial charge >= 0.3 is 5.97 Å². The minimum absolute atomic E-state index is 0.00835. The van der Waals surface area contributed by atoms with Crippen molar-refractivity contribution in [1.82, 2.24) is 15.0 Å². The highest BCUT2D eigenvalue weighted by atomic mass is 19.1. The minimum atomic E-state index is -1.24. The Morgan fingerprint density at radius 1 is 1.26 bits per heavy atom. The van der Waals surface area contributed by atoms with Gasteiger partial charge in [0.15, 0.2) is 17.4 Å². The predicted octanol–water partition coefficient (Wildman–Crippen LogP) is 7.49. The fourth-order valence-electron chi connectivity index (χ4n) is 5.69. The summed E-state index contributed by atoms with van der Waals surface area (Å²) in [6, 6.07) is 10.5. The zero-order valence-electron chi connectivity index (χ0n) is 23.0. The average Bonchev–Trinajstić information content (AvgIpc) is 3.38. The van der Waals surface area contributed by atoms with Gasteiger partial charge in [-0.3, -0.25) is 4.79 Å². The van der Waals surface area contributed by atoms with Crippen molar-refractivity contribution in [1.29, 1.82) is 0 Å². The number of ether oxygens (including phenoxy) is 2. The van der Waals surface area contributed by atoms with E-state index in [0.717, 1.165) is 17.2 Å². The number of nitrogens with zero attached hydrogens (tertiary/aromatic N) is 1. The first-order valence-corrected chi connectivity index (χ1v) is 13.6. The molecule has 1 saturated carbocycles. The molecule has 4 aromatic rings. The third kappa shape index (κ3) is 4.98. The van der Waals surface area contributed by atoms with Gasteiger partial charge in [-0.05, 0) is 49.6 Å². The van der Waals surface area contributed by atoms with E-state index in [2.05, 4.69) is 21.5 Å². The van der Waals surface area contributed by atoms with Crippen LogP contribution in [0.1, 0.15) is 53.8 Å². The summed E-state index contributed by atoms with van der Waals surface area (Å²) in [5.41, 5.74) is 1.46. The Hall–Kier alpha value is -4.80. The molecular formula is C32H27F4N3O4. The predicted molar refractivity (Wildman–Crippen MR) is 150 cm³/mol. The molecule has 2 aromatic heterocycles. The second-order valence-corrected chi connectivity index (χ2v) is 10.9. The van der Waals surface area contributed by atoms with E-state index in [1.807, 2.05) is 25.1 Å². The number of alkyl halides is 1. The molecule has 0 saturated heterocycles. The van der Waals surface area contributed by atoms with E-state index in [1.165, 1.54) is 24.4 Å². The minimum Gasteiger partial charge on any atom is -0.493 e. The molecule has 1 aliphatic heterocycles. The molecule has 0 radical (unpaired) electrons. The second-order valence-electron chi connectivity index (χ2n) is 10.9. The van der Waals surface area contributed by atoms with Gasteiger partial charge in [-0.15, -0.1) is 0 Å². The zero-order chi connectivity index (χ0) is 30.5. The summed E-state index contributed by atoms with van der Waals surface area (Å²) in [5, 5.41) is 9.44. The molecule has 2 aromatic carbocycles. The molecule has 43 heavy (non-hydrogen) atoms. The van der Waals surface area contributed by atoms with Crippen LogP contribution in [0.25, 0.3) is 17.2 Å². The summed E-state index contributed by atoms with van der Waals surface area (Å²) in [7, 11) is 0. The smallest absolute Gasteiger partial charge is 0.307 e. The fourth-order valence-corrected chi connectivity index (χ4v) is 5.69. The molecule has 1 aliphatic carbocycles. The van der Waals surface area contributed by atoms with Crippen LogP contribution in [-0.2, 0) is 16.9 Å². The average molecular weight is 594 g/mol. The van der Waals surface area contributed by atoms with Gasteiger partial charge in [0.2, 0.25) is 0 Å². The summed E-state index contributed by atoms with van der Waals surface area (Å²) >= 11 is 0. The summed E-state index contributed by atoms with van der Waals surface area (Å²) in [4.78, 5) is 21.6. The van der Waals surface area contributed by atoms with Crippen LogP contribution < -0.4 is 9.47 Å². The molecule has 2 aliphatic rings. The largest absolute Gasteiger partial charge is 0.493 e. The first-order chi connectivity index (χ1) is 20.6. The van der Waals surface area contributed by atoms with Crippen LogP contribution in [0.3, 0.4) is 0 Å². The van der Waals surface area contributed by atoms with Crippen LogP contribution in [-0.4, -0.2) is 32.6 Å². The molecule has 1 fully saturated rings. The van der Waals surface area contributed by atoms with E-state index in [1.54, 1.807) is 6.20 Å². The van der Waals surface area contributed by atoms with Crippen molar-refractivity contribution in [3.05, 3.63) is 107 Å². The normalized spacial score (nSPS) is 21.4. The number of H-pyrrole nitrogens is 2. The van der Waals surface area contributed by atoms with E-state index < -0.39 is 47.2 Å². The lowest BCUT2D eigenvalue weighted by atomic mass is 9.74. The Morgan fingerprint density at radius 3 is 2.79 bits per heavy atom. The molecular weight excluding hydrogens is 566 g/mol. The van der Waals surface area contributed by atoms with Gasteiger partial charge in [-0.25, -0.2) is 22.5 Å². The number of hydrogen-bond donors (Lipinski definition) is 3. The summed E-state index contributed by atoms with van der Waals surface area (Å²) in [6.07, 6.45) is 4.04. The van der Waals surface area contributed by atoms with Crippen LogP contribution in [0.4, 0.5) is 17.6 Å². The van der Waals surface area contributed by atoms with E-state index in [-0.39, 0.29) is 34.3 Å². The number of carboxylic acid groups (broad SMARTS) is 1. The van der Waals surface area contributed by atoms with Crippen molar-refractivity contribution >= 4 is 11.8 Å². The Bertz CT molecular complexity index is 1780. The maximum Gasteiger partial charge on any atom is 0.307 e. The number of aliphatic carboxylic acids is 1. The number of allylic oxidation sites excluding steroid dienone is 1. The van der Waals surface area contributed by atoms with Gasteiger partial charge in [-0.2, -0.15) is 0 Å². The van der Waals surface area contributed by atoms with E-state index in [9.17, 15) is 18.7 Å². The molecule has 3 N–H and O–H groups in total. The number of aromatic amines is 2. The highest BCUT2D eigenvalue weighted by molar-refractivity contribution is 5.76. The Morgan fingerprint density at radius 2 is 2.07 bits per heavy atom. The number of fused-ring (bicyclic) bond motifs is 1. The number of nitrogens with one attached hydrogen (secondary N) is 2. The number of para-hydroxylation sites is 1. The maximum atomic E-state index is 15.2. The van der Waals surface area contributed by atoms with Crippen LogP contribution in [0.15, 0.2) is 73.0 Å². The number of hydrogen-bond acceptors (Lipinski definition) is 4. The van der Waals surface area contributed by atoms with E-state index in [4.69, 9.17) is 9.47 Å². The van der Waals surface area contributed by atoms with Gasteiger partial charge in [0.05, 0.1) is 23.8 Å². The quantitative estimate of drug-likeness (QED) is 0.106. The Kier molecular flexibility index (Phi) is 7.11. The van der Waals surface area contributed by atoms with Crippen molar-refractivity contribution < 1.29 is 36.9 Å². The summed E-state index contributed by atoms with van der Waals surface area (Å²) in [5.74, 6) is -4.59. The van der Waals surface area contributed by atoms with Crippen LogP contribution in [0, 0.1) is 11.7 Å². The molecule has 6 rings (SSSR count). The SMILES string of the molecule is C=C(F)/C(Oc1ccc(F)c(-c2ncc([C@@]3(C)CCOc4c(C5CC5C(=O)O)cccc43)[nH]2)c1)=C(/F)c1cc[nH]c1CF. The standard InChI is InChI=1S/C32H27F4N3O4/c1-16(34)28(27(36)19-8-10-37-25(19)14-33)43-17-6-7-24(35)22(12-17)30-38-15-26(39-30)32(2)9-11-42-29-18(4-3-5-23(29)32)20-13-21(20)31(40)41/h3-8,10,12,15,20-21,37H,1,9,11,13-14H2,2H3,(H,38,39)(H,40,41)/b28-27-/t20?,21?,32-/m0/s1. The number of aromatic nitrogens is 3. The first kappa shape index (κ1) is 28.3. The van der Waals surface area contributed by atoms with Crippen LogP contribution in [0.5, 0.6) is 11.5 Å². The van der Waals surface area contributed by atoms with Crippen LogP contribution in [0.2, 0.25) is 0 Å². The topological polar surface area (TPSA) is 100 Å². The number of imidazole rings is 1. The molecule has 222 valence electrons. The monoisotopic (exact) mass is 593 g/mol. The van der Waals surface area contributed by atoms with Gasteiger partial charge in [-0.1, -0.05) is 24.8 Å². The van der Waals surface area contributed by atoms with Gasteiger partial charge < -0.3 is 24.5 Å².